The summed E-state index contributed by atoms with van der Waals surface area (Å²) in [7, 11) is 0. The number of amides is 1. The van der Waals surface area contributed by atoms with E-state index in [1.54, 1.807) is 47.9 Å². The molecular formula is C27H25N3O3S. The van der Waals surface area contributed by atoms with Gasteiger partial charge in [-0.05, 0) is 81.3 Å². The average Bonchev–Trinajstić information content (AvgIpc) is 2.82. The van der Waals surface area contributed by atoms with Gasteiger partial charge in [0.15, 0.2) is 10.9 Å². The van der Waals surface area contributed by atoms with Crippen molar-refractivity contribution in [2.24, 2.45) is 0 Å². The third-order valence-corrected chi connectivity index (χ3v) is 6.82. The number of nitrogens with zero attached hydrogens (tertiary/aromatic N) is 2. The zero-order valence-electron chi connectivity index (χ0n) is 19.5. The topological polar surface area (TPSA) is 81.1 Å². The predicted molar refractivity (Wildman–Crippen MR) is 137 cm³/mol. The first kappa shape index (κ1) is 23.4. The molecule has 0 aliphatic heterocycles. The molecule has 1 N–H and O–H groups in total. The van der Waals surface area contributed by atoms with Gasteiger partial charge >= 0.3 is 0 Å². The van der Waals surface area contributed by atoms with Gasteiger partial charge in [0.25, 0.3) is 5.56 Å². The van der Waals surface area contributed by atoms with Gasteiger partial charge in [-0.1, -0.05) is 36.0 Å². The summed E-state index contributed by atoms with van der Waals surface area (Å²) in [5, 5.41) is 3.32. The average molecular weight is 472 g/mol. The quantitative estimate of drug-likeness (QED) is 0.234. The molecule has 0 fully saturated rings. The molecule has 1 heterocycles. The van der Waals surface area contributed by atoms with Crippen LogP contribution in [0.3, 0.4) is 0 Å². The van der Waals surface area contributed by atoms with Crippen LogP contribution in [0, 0.1) is 13.8 Å². The van der Waals surface area contributed by atoms with Crippen molar-refractivity contribution in [1.29, 1.82) is 0 Å². The molecule has 0 aliphatic carbocycles. The van der Waals surface area contributed by atoms with Gasteiger partial charge in [0.05, 0.1) is 21.8 Å². The number of anilines is 1. The molecule has 34 heavy (non-hydrogen) atoms. The zero-order chi connectivity index (χ0) is 24.4. The minimum atomic E-state index is -0.531. The Morgan fingerprint density at radius 3 is 2.38 bits per heavy atom. The van der Waals surface area contributed by atoms with E-state index in [1.807, 2.05) is 44.2 Å². The van der Waals surface area contributed by atoms with Crippen LogP contribution in [-0.4, -0.2) is 26.5 Å². The van der Waals surface area contributed by atoms with Gasteiger partial charge in [0, 0.05) is 11.3 Å². The Morgan fingerprint density at radius 1 is 0.971 bits per heavy atom. The van der Waals surface area contributed by atoms with E-state index in [0.29, 0.717) is 27.3 Å². The fraction of sp³-hybridized carbons (Fsp3) is 0.185. The number of hydrogen-bond donors (Lipinski definition) is 1. The molecule has 0 saturated heterocycles. The highest BCUT2D eigenvalue weighted by atomic mass is 32.2. The molecule has 172 valence electrons. The number of thioether (sulfide) groups is 1. The molecule has 0 bridgehead atoms. The Bertz CT molecular complexity index is 1460. The lowest BCUT2D eigenvalue weighted by atomic mass is 10.1. The van der Waals surface area contributed by atoms with Gasteiger partial charge in [-0.2, -0.15) is 0 Å². The molecule has 0 radical (unpaired) electrons. The highest BCUT2D eigenvalue weighted by Crippen LogP contribution is 2.28. The lowest BCUT2D eigenvalue weighted by molar-refractivity contribution is -0.115. The van der Waals surface area contributed by atoms with E-state index in [9.17, 15) is 14.4 Å². The molecule has 0 aliphatic rings. The first-order valence-electron chi connectivity index (χ1n) is 10.9. The van der Waals surface area contributed by atoms with Gasteiger partial charge < -0.3 is 5.32 Å². The number of ketones is 1. The Kier molecular flexibility index (Phi) is 6.65. The summed E-state index contributed by atoms with van der Waals surface area (Å²) in [6.07, 6.45) is 0. The first-order chi connectivity index (χ1) is 16.3. The van der Waals surface area contributed by atoms with Crippen LogP contribution in [0.1, 0.15) is 35.3 Å². The van der Waals surface area contributed by atoms with Crippen LogP contribution in [0.25, 0.3) is 16.6 Å². The molecule has 6 nitrogen and oxygen atoms in total. The van der Waals surface area contributed by atoms with E-state index in [0.717, 1.165) is 16.8 Å². The highest BCUT2D eigenvalue weighted by molar-refractivity contribution is 8.00. The SMILES string of the molecule is CC(=O)c1ccc(NC(=O)C(C)Sc2nc3ccccc3c(=O)n2-c2cccc(C)c2C)cc1. The van der Waals surface area contributed by atoms with E-state index in [4.69, 9.17) is 4.98 Å². The number of para-hydroxylation sites is 1. The van der Waals surface area contributed by atoms with Gasteiger partial charge in [0.2, 0.25) is 5.91 Å². The number of Topliss-reactive ketones (excluding diaryl/α,β-unsaturated/α-hetero) is 1. The van der Waals surface area contributed by atoms with Crippen LogP contribution < -0.4 is 10.9 Å². The Balaban J connectivity index is 1.70. The fourth-order valence-corrected chi connectivity index (χ4v) is 4.55. The molecule has 1 atom stereocenters. The summed E-state index contributed by atoms with van der Waals surface area (Å²) in [6, 6.07) is 19.8. The molecule has 3 aromatic carbocycles. The number of carbonyl (C=O) groups is 2. The molecule has 4 aromatic rings. The zero-order valence-corrected chi connectivity index (χ0v) is 20.3. The number of hydrogen-bond acceptors (Lipinski definition) is 5. The third kappa shape index (κ3) is 4.65. The first-order valence-corrected chi connectivity index (χ1v) is 11.8. The predicted octanol–water partition coefficient (Wildman–Crippen LogP) is 5.32. The van der Waals surface area contributed by atoms with Crippen molar-refractivity contribution in [2.45, 2.75) is 38.1 Å². The van der Waals surface area contributed by atoms with Gasteiger partial charge in [0.1, 0.15) is 0 Å². The summed E-state index contributed by atoms with van der Waals surface area (Å²) in [5.74, 6) is -0.260. The maximum Gasteiger partial charge on any atom is 0.266 e. The maximum atomic E-state index is 13.5. The molecule has 1 aromatic heterocycles. The Hall–Kier alpha value is -3.71. The lowest BCUT2D eigenvalue weighted by Crippen LogP contribution is -2.26. The number of aryl methyl sites for hydroxylation is 1. The van der Waals surface area contributed by atoms with Crippen molar-refractivity contribution in [3.63, 3.8) is 0 Å². The summed E-state index contributed by atoms with van der Waals surface area (Å²) >= 11 is 1.23. The molecule has 0 spiro atoms. The lowest BCUT2D eigenvalue weighted by Gasteiger charge is -2.18. The largest absolute Gasteiger partial charge is 0.325 e. The van der Waals surface area contributed by atoms with E-state index >= 15 is 0 Å². The van der Waals surface area contributed by atoms with Gasteiger partial charge in [-0.25, -0.2) is 4.98 Å². The minimum absolute atomic E-state index is 0.0337. The smallest absolute Gasteiger partial charge is 0.266 e. The Morgan fingerprint density at radius 2 is 1.68 bits per heavy atom. The van der Waals surface area contributed by atoms with E-state index in [1.165, 1.54) is 18.7 Å². The molecule has 0 saturated carbocycles. The molecule has 7 heteroatoms. The van der Waals surface area contributed by atoms with E-state index in [-0.39, 0.29) is 17.2 Å². The van der Waals surface area contributed by atoms with Crippen molar-refractivity contribution in [1.82, 2.24) is 9.55 Å². The highest BCUT2D eigenvalue weighted by Gasteiger charge is 2.21. The fourth-order valence-electron chi connectivity index (χ4n) is 3.63. The van der Waals surface area contributed by atoms with Crippen LogP contribution in [0.15, 0.2) is 76.7 Å². The summed E-state index contributed by atoms with van der Waals surface area (Å²) < 4.78 is 1.60. The minimum Gasteiger partial charge on any atom is -0.325 e. The Labute approximate surface area is 202 Å². The van der Waals surface area contributed by atoms with Crippen molar-refractivity contribution in [3.8, 4) is 5.69 Å². The number of benzene rings is 3. The van der Waals surface area contributed by atoms with Crippen LogP contribution in [-0.2, 0) is 4.79 Å². The van der Waals surface area contributed by atoms with Crippen molar-refractivity contribution in [2.75, 3.05) is 5.32 Å². The van der Waals surface area contributed by atoms with Crippen LogP contribution in [0.4, 0.5) is 5.69 Å². The summed E-state index contributed by atoms with van der Waals surface area (Å²) in [4.78, 5) is 42.7. The number of fused-ring (bicyclic) bond motifs is 1. The van der Waals surface area contributed by atoms with Crippen molar-refractivity contribution < 1.29 is 9.59 Å². The number of carbonyl (C=O) groups excluding carboxylic acids is 2. The molecule has 4 rings (SSSR count). The summed E-state index contributed by atoms with van der Waals surface area (Å²) in [6.45, 7) is 7.25. The second-order valence-corrected chi connectivity index (χ2v) is 9.46. The molecular weight excluding hydrogens is 446 g/mol. The van der Waals surface area contributed by atoms with Gasteiger partial charge in [-0.3, -0.25) is 19.0 Å². The monoisotopic (exact) mass is 471 g/mol. The summed E-state index contributed by atoms with van der Waals surface area (Å²) in [5.41, 5.74) is 4.38. The molecule has 1 amide bonds. The van der Waals surface area contributed by atoms with Crippen molar-refractivity contribution >= 4 is 40.0 Å². The van der Waals surface area contributed by atoms with E-state index in [2.05, 4.69) is 5.32 Å². The maximum absolute atomic E-state index is 13.5. The second kappa shape index (κ2) is 9.65. The second-order valence-electron chi connectivity index (χ2n) is 8.15. The van der Waals surface area contributed by atoms with Crippen LogP contribution in [0.2, 0.25) is 0 Å². The van der Waals surface area contributed by atoms with Gasteiger partial charge in [-0.15, -0.1) is 0 Å². The van der Waals surface area contributed by atoms with Crippen molar-refractivity contribution in [3.05, 3.63) is 93.8 Å². The third-order valence-electron chi connectivity index (χ3n) is 5.77. The molecule has 1 unspecified atom stereocenters. The normalized spacial score (nSPS) is 11.9. The van der Waals surface area contributed by atoms with Crippen LogP contribution >= 0.6 is 11.8 Å². The standard InChI is InChI=1S/C27H25N3O3S/c1-16-8-7-11-24(17(16)2)30-26(33)22-9-5-6-10-23(22)29-27(30)34-19(4)25(32)28-21-14-12-20(13-15-21)18(3)31/h5-15,19H,1-4H3,(H,28,32). The number of aromatic nitrogens is 2. The number of rotatable bonds is 6. The van der Waals surface area contributed by atoms with Crippen LogP contribution in [0.5, 0.6) is 0 Å². The number of nitrogens with one attached hydrogen (secondary N) is 1. The van der Waals surface area contributed by atoms with E-state index < -0.39 is 5.25 Å².